The second-order valence-corrected chi connectivity index (χ2v) is 8.71. The lowest BCUT2D eigenvalue weighted by Crippen LogP contribution is -2.12. The van der Waals surface area contributed by atoms with Gasteiger partial charge in [0.2, 0.25) is 15.6 Å². The Morgan fingerprint density at radius 1 is 0.731 bits per heavy atom. The first-order chi connectivity index (χ1) is 12.5. The largest absolute Gasteiger partial charge is 0.288 e. The number of rotatable bonds is 3. The number of carbonyl (C=O) groups is 1. The van der Waals surface area contributed by atoms with Crippen molar-refractivity contribution in [1.82, 2.24) is 0 Å². The summed E-state index contributed by atoms with van der Waals surface area (Å²) >= 11 is 3.42. The molecule has 0 atom stereocenters. The van der Waals surface area contributed by atoms with Gasteiger partial charge in [-0.1, -0.05) is 64.5 Å². The summed E-state index contributed by atoms with van der Waals surface area (Å²) in [4.78, 5) is 13.0. The maximum Gasteiger partial charge on any atom is 0.211 e. The number of halogens is 1. The second kappa shape index (κ2) is 6.34. The van der Waals surface area contributed by atoms with E-state index < -0.39 is 15.6 Å². The molecule has 3 aromatic rings. The number of fused-ring (bicyclic) bond motifs is 1. The molecule has 1 aliphatic carbocycles. The van der Waals surface area contributed by atoms with Crippen LogP contribution in [0.5, 0.6) is 0 Å². The van der Waals surface area contributed by atoms with E-state index in [2.05, 4.69) is 15.9 Å². The van der Waals surface area contributed by atoms with E-state index in [4.69, 9.17) is 0 Å². The van der Waals surface area contributed by atoms with Crippen molar-refractivity contribution in [1.29, 1.82) is 0 Å². The number of ketones is 1. The van der Waals surface area contributed by atoms with Crippen molar-refractivity contribution in [2.75, 3.05) is 0 Å². The SMILES string of the molecule is O=C1C(S(=O)(=O)c2ccccc2)=C(c2ccccc2)c2cc(Br)ccc21. The van der Waals surface area contributed by atoms with Crippen LogP contribution in [0.4, 0.5) is 0 Å². The summed E-state index contributed by atoms with van der Waals surface area (Å²) < 4.78 is 27.4. The Hall–Kier alpha value is -2.50. The molecule has 4 rings (SSSR count). The minimum Gasteiger partial charge on any atom is -0.288 e. The van der Waals surface area contributed by atoms with Gasteiger partial charge < -0.3 is 0 Å². The first kappa shape index (κ1) is 16.9. The van der Waals surface area contributed by atoms with E-state index in [1.807, 2.05) is 30.3 Å². The number of hydrogen-bond acceptors (Lipinski definition) is 3. The summed E-state index contributed by atoms with van der Waals surface area (Å²) in [7, 11) is -3.95. The molecule has 0 amide bonds. The van der Waals surface area contributed by atoms with E-state index in [9.17, 15) is 13.2 Å². The fraction of sp³-hybridized carbons (Fsp3) is 0. The average Bonchev–Trinajstić information content (AvgIpc) is 2.95. The molecule has 0 bridgehead atoms. The predicted octanol–water partition coefficient (Wildman–Crippen LogP) is 4.88. The Labute approximate surface area is 160 Å². The minimum absolute atomic E-state index is 0.114. The van der Waals surface area contributed by atoms with E-state index in [0.29, 0.717) is 22.3 Å². The zero-order valence-electron chi connectivity index (χ0n) is 13.5. The molecule has 0 heterocycles. The molecule has 0 spiro atoms. The summed E-state index contributed by atoms with van der Waals surface area (Å²) in [6.45, 7) is 0. The Morgan fingerprint density at radius 3 is 2.00 bits per heavy atom. The average molecular weight is 425 g/mol. The first-order valence-corrected chi connectivity index (χ1v) is 10.2. The second-order valence-electron chi connectivity index (χ2n) is 5.91. The molecular formula is C21H13BrO3S. The fourth-order valence-corrected chi connectivity index (χ4v) is 5.11. The van der Waals surface area contributed by atoms with Crippen molar-refractivity contribution in [3.05, 3.63) is 105 Å². The van der Waals surface area contributed by atoms with Gasteiger partial charge in [0.1, 0.15) is 4.91 Å². The molecule has 26 heavy (non-hydrogen) atoms. The minimum atomic E-state index is -3.95. The van der Waals surface area contributed by atoms with E-state index in [-0.39, 0.29) is 9.80 Å². The quantitative estimate of drug-likeness (QED) is 0.601. The molecule has 0 radical (unpaired) electrons. The van der Waals surface area contributed by atoms with Crippen LogP contribution in [0, 0.1) is 0 Å². The number of hydrogen-bond donors (Lipinski definition) is 0. The Balaban J connectivity index is 2.07. The normalized spacial score (nSPS) is 13.8. The number of benzene rings is 3. The number of allylic oxidation sites excluding steroid dienone is 1. The summed E-state index contributed by atoms with van der Waals surface area (Å²) in [5.74, 6) is -0.463. The van der Waals surface area contributed by atoms with Crippen LogP contribution < -0.4 is 0 Å². The summed E-state index contributed by atoms with van der Waals surface area (Å²) in [6.07, 6.45) is 0. The highest BCUT2D eigenvalue weighted by atomic mass is 79.9. The van der Waals surface area contributed by atoms with Crippen LogP contribution in [0.2, 0.25) is 0 Å². The summed E-state index contributed by atoms with van der Waals surface area (Å²) in [5, 5.41) is 0. The highest BCUT2D eigenvalue weighted by molar-refractivity contribution is 9.10. The summed E-state index contributed by atoms with van der Waals surface area (Å²) in [5.41, 5.74) is 2.19. The van der Waals surface area contributed by atoms with Gasteiger partial charge in [-0.05, 0) is 41.5 Å². The van der Waals surface area contributed by atoms with Crippen LogP contribution in [-0.2, 0) is 9.84 Å². The van der Waals surface area contributed by atoms with Crippen molar-refractivity contribution in [3.8, 4) is 0 Å². The van der Waals surface area contributed by atoms with Crippen molar-refractivity contribution in [2.24, 2.45) is 0 Å². The molecule has 3 nitrogen and oxygen atoms in total. The van der Waals surface area contributed by atoms with E-state index in [1.54, 1.807) is 36.4 Å². The fourth-order valence-electron chi connectivity index (χ4n) is 3.14. The zero-order valence-corrected chi connectivity index (χ0v) is 15.9. The Kier molecular flexibility index (Phi) is 4.13. The number of carbonyl (C=O) groups excluding carboxylic acids is 1. The topological polar surface area (TPSA) is 51.2 Å². The molecule has 0 N–H and O–H groups in total. The van der Waals surface area contributed by atoms with Gasteiger partial charge in [0.25, 0.3) is 0 Å². The highest BCUT2D eigenvalue weighted by Crippen LogP contribution is 2.42. The van der Waals surface area contributed by atoms with Crippen LogP contribution in [0.15, 0.2) is 93.1 Å². The molecule has 0 saturated heterocycles. The van der Waals surface area contributed by atoms with Crippen LogP contribution >= 0.6 is 15.9 Å². The van der Waals surface area contributed by atoms with Crippen LogP contribution in [0.1, 0.15) is 21.5 Å². The third-order valence-electron chi connectivity index (χ3n) is 4.31. The van der Waals surface area contributed by atoms with Crippen molar-refractivity contribution in [2.45, 2.75) is 4.90 Å². The third kappa shape index (κ3) is 2.64. The molecule has 0 aliphatic heterocycles. The maximum absolute atomic E-state index is 13.3. The number of sulfone groups is 1. The van der Waals surface area contributed by atoms with Crippen molar-refractivity contribution < 1.29 is 13.2 Å². The van der Waals surface area contributed by atoms with Gasteiger partial charge in [-0.3, -0.25) is 4.79 Å². The van der Waals surface area contributed by atoms with E-state index in [0.717, 1.165) is 4.47 Å². The zero-order chi connectivity index (χ0) is 18.3. The van der Waals surface area contributed by atoms with Crippen LogP contribution in [-0.4, -0.2) is 14.2 Å². The highest BCUT2D eigenvalue weighted by Gasteiger charge is 2.39. The van der Waals surface area contributed by atoms with Gasteiger partial charge in [0.15, 0.2) is 0 Å². The Morgan fingerprint density at radius 2 is 1.35 bits per heavy atom. The molecule has 128 valence electrons. The first-order valence-electron chi connectivity index (χ1n) is 7.94. The van der Waals surface area contributed by atoms with Crippen molar-refractivity contribution in [3.63, 3.8) is 0 Å². The Bertz CT molecular complexity index is 1150. The predicted molar refractivity (Wildman–Crippen MR) is 105 cm³/mol. The lowest BCUT2D eigenvalue weighted by atomic mass is 9.99. The lowest BCUT2D eigenvalue weighted by molar-refractivity contribution is 0.104. The molecule has 5 heteroatoms. The van der Waals surface area contributed by atoms with Gasteiger partial charge in [0, 0.05) is 15.6 Å². The monoisotopic (exact) mass is 424 g/mol. The molecule has 0 fully saturated rings. The number of Topliss-reactive ketones (excluding diaryl/α,β-unsaturated/α-hetero) is 1. The molecule has 0 aromatic heterocycles. The van der Waals surface area contributed by atoms with Gasteiger partial charge >= 0.3 is 0 Å². The molecular weight excluding hydrogens is 412 g/mol. The van der Waals surface area contributed by atoms with Crippen LogP contribution in [0.3, 0.4) is 0 Å². The van der Waals surface area contributed by atoms with Crippen molar-refractivity contribution >= 4 is 37.1 Å². The smallest absolute Gasteiger partial charge is 0.211 e. The standard InChI is InChI=1S/C21H13BrO3S/c22-15-11-12-17-18(13-15)19(14-7-3-1-4-8-14)21(20(17)23)26(24,25)16-9-5-2-6-10-16/h1-13H. The lowest BCUT2D eigenvalue weighted by Gasteiger charge is -2.09. The van der Waals surface area contributed by atoms with Gasteiger partial charge in [-0.15, -0.1) is 0 Å². The summed E-state index contributed by atoms with van der Waals surface area (Å²) in [6, 6.07) is 22.4. The van der Waals surface area contributed by atoms with Gasteiger partial charge in [0.05, 0.1) is 4.90 Å². The third-order valence-corrected chi connectivity index (χ3v) is 6.63. The molecule has 1 aliphatic rings. The molecule has 3 aromatic carbocycles. The maximum atomic E-state index is 13.3. The van der Waals surface area contributed by atoms with E-state index >= 15 is 0 Å². The van der Waals surface area contributed by atoms with Crippen LogP contribution in [0.25, 0.3) is 5.57 Å². The van der Waals surface area contributed by atoms with E-state index in [1.165, 1.54) is 12.1 Å². The molecule has 0 saturated carbocycles. The molecule has 0 unspecified atom stereocenters. The van der Waals surface area contributed by atoms with Gasteiger partial charge in [-0.2, -0.15) is 0 Å². The van der Waals surface area contributed by atoms with Gasteiger partial charge in [-0.25, -0.2) is 8.42 Å².